The largest absolute Gasteiger partial charge is 0.367 e. The molecule has 0 bridgehead atoms. The van der Waals surface area contributed by atoms with Crippen molar-refractivity contribution in [2.75, 3.05) is 18.0 Å². The van der Waals surface area contributed by atoms with Gasteiger partial charge in [-0.3, -0.25) is 9.78 Å². The summed E-state index contributed by atoms with van der Waals surface area (Å²) in [5, 5.41) is 3.07. The van der Waals surface area contributed by atoms with E-state index in [4.69, 9.17) is 5.73 Å². The van der Waals surface area contributed by atoms with Gasteiger partial charge in [0, 0.05) is 42.5 Å². The number of amides is 1. The molecule has 154 valence electrons. The van der Waals surface area contributed by atoms with Crippen molar-refractivity contribution in [3.63, 3.8) is 0 Å². The molecule has 7 heteroatoms. The molecule has 1 aromatic carbocycles. The Morgan fingerprint density at radius 1 is 1.31 bits per heavy atom. The van der Waals surface area contributed by atoms with Gasteiger partial charge in [-0.2, -0.15) is 0 Å². The highest BCUT2D eigenvalue weighted by Crippen LogP contribution is 2.37. The van der Waals surface area contributed by atoms with Gasteiger partial charge in [-0.15, -0.1) is 0 Å². The monoisotopic (exact) mass is 400 g/mol. The summed E-state index contributed by atoms with van der Waals surface area (Å²) in [6.45, 7) is 5.13. The fraction of sp³-hybridized carbons (Fsp3) is 0.455. The van der Waals surface area contributed by atoms with Crippen LogP contribution in [0.25, 0.3) is 11.3 Å². The highest BCUT2D eigenvalue weighted by Gasteiger charge is 2.35. The molecule has 3 N–H and O–H groups in total. The Labute approximate surface area is 169 Å². The maximum atomic E-state index is 13.9. The van der Waals surface area contributed by atoms with Crippen molar-refractivity contribution in [1.82, 2.24) is 10.3 Å². The molecule has 1 saturated heterocycles. The summed E-state index contributed by atoms with van der Waals surface area (Å²) in [4.78, 5) is 19.5. The number of halogens is 2. The summed E-state index contributed by atoms with van der Waals surface area (Å²) in [7, 11) is 0. The number of aromatic nitrogens is 1. The van der Waals surface area contributed by atoms with Gasteiger partial charge in [-0.1, -0.05) is 0 Å². The molecule has 1 saturated carbocycles. The van der Waals surface area contributed by atoms with Crippen LogP contribution in [0, 0.1) is 17.6 Å². The first kappa shape index (κ1) is 19.8. The van der Waals surface area contributed by atoms with Gasteiger partial charge in [-0.05, 0) is 57.2 Å². The number of rotatable bonds is 5. The predicted octanol–water partition coefficient (Wildman–Crippen LogP) is 3.48. The lowest BCUT2D eigenvalue weighted by molar-refractivity contribution is 0.0936. The second-order valence-corrected chi connectivity index (χ2v) is 8.64. The Hall–Kier alpha value is -2.54. The first-order chi connectivity index (χ1) is 13.7. The van der Waals surface area contributed by atoms with E-state index in [0.717, 1.165) is 25.3 Å². The van der Waals surface area contributed by atoms with Crippen LogP contribution in [0.15, 0.2) is 30.5 Å². The number of benzene rings is 1. The maximum Gasteiger partial charge on any atom is 0.253 e. The van der Waals surface area contributed by atoms with E-state index in [1.54, 1.807) is 6.07 Å². The number of nitrogens with two attached hydrogens (primary N) is 1. The number of carbonyl (C=O) groups excluding carboxylic acids is 1. The molecule has 1 aromatic heterocycles. The quantitative estimate of drug-likeness (QED) is 0.806. The van der Waals surface area contributed by atoms with Crippen LogP contribution in [0.4, 0.5) is 14.5 Å². The first-order valence-electron chi connectivity index (χ1n) is 10.0. The second-order valence-electron chi connectivity index (χ2n) is 8.64. The fourth-order valence-electron chi connectivity index (χ4n) is 4.03. The number of hydrogen-bond donors (Lipinski definition) is 2. The van der Waals surface area contributed by atoms with Crippen LogP contribution in [-0.4, -0.2) is 35.6 Å². The van der Waals surface area contributed by atoms with E-state index in [0.29, 0.717) is 41.5 Å². The Kier molecular flexibility index (Phi) is 5.02. The lowest BCUT2D eigenvalue weighted by Crippen LogP contribution is -2.40. The lowest BCUT2D eigenvalue weighted by atomic mass is 10.0. The smallest absolute Gasteiger partial charge is 0.253 e. The van der Waals surface area contributed by atoms with Crippen molar-refractivity contribution in [3.8, 4) is 11.3 Å². The molecule has 1 aliphatic carbocycles. The average Bonchev–Trinajstić information content (AvgIpc) is 3.43. The normalized spacial score (nSPS) is 22.6. The number of anilines is 1. The third-order valence-electron chi connectivity index (χ3n) is 5.81. The fourth-order valence-corrected chi connectivity index (χ4v) is 4.03. The van der Waals surface area contributed by atoms with Crippen LogP contribution in [0.1, 0.15) is 43.5 Å². The van der Waals surface area contributed by atoms with Crippen molar-refractivity contribution in [1.29, 1.82) is 0 Å². The third-order valence-corrected chi connectivity index (χ3v) is 5.81. The van der Waals surface area contributed by atoms with E-state index in [1.807, 2.05) is 18.7 Å². The van der Waals surface area contributed by atoms with E-state index >= 15 is 0 Å². The number of pyridine rings is 1. The van der Waals surface area contributed by atoms with Gasteiger partial charge in [0.2, 0.25) is 0 Å². The molecule has 2 atom stereocenters. The lowest BCUT2D eigenvalue weighted by Gasteiger charge is -2.26. The number of hydrogen-bond acceptors (Lipinski definition) is 4. The van der Waals surface area contributed by atoms with Crippen LogP contribution in [0.3, 0.4) is 0 Å². The number of nitrogens with one attached hydrogen (secondary N) is 1. The molecule has 29 heavy (non-hydrogen) atoms. The van der Waals surface area contributed by atoms with Gasteiger partial charge in [0.15, 0.2) is 0 Å². The second kappa shape index (κ2) is 7.37. The van der Waals surface area contributed by atoms with Crippen molar-refractivity contribution in [2.24, 2.45) is 11.7 Å². The summed E-state index contributed by atoms with van der Waals surface area (Å²) in [5.74, 6) is -1.06. The minimum absolute atomic E-state index is 0.0805. The molecule has 1 unspecified atom stereocenters. The molecule has 2 aromatic rings. The van der Waals surface area contributed by atoms with Gasteiger partial charge in [0.05, 0.1) is 16.9 Å². The minimum atomic E-state index is -0.685. The van der Waals surface area contributed by atoms with Crippen LogP contribution in [0.5, 0.6) is 0 Å². The standard InChI is InChI=1S/C22H26F2N4O/c1-13(14-3-4-14)27-21(29)18-5-7-26-19(15-9-16(23)11-17(24)10-15)20(18)28-8-6-22(2,25)12-28/h5,7,9-11,13-14H,3-4,6,8,12,25H2,1-2H3,(H,27,29)/t13?,22-/m0/s1. The topological polar surface area (TPSA) is 71.2 Å². The maximum absolute atomic E-state index is 13.9. The molecule has 0 radical (unpaired) electrons. The van der Waals surface area contributed by atoms with E-state index in [9.17, 15) is 13.6 Å². The minimum Gasteiger partial charge on any atom is -0.367 e. The number of carbonyl (C=O) groups is 1. The van der Waals surface area contributed by atoms with Crippen LogP contribution in [-0.2, 0) is 0 Å². The molecular weight excluding hydrogens is 374 g/mol. The van der Waals surface area contributed by atoms with Crippen LogP contribution >= 0.6 is 0 Å². The molecular formula is C22H26F2N4O. The SMILES string of the molecule is CC(NC(=O)c1ccnc(-c2cc(F)cc(F)c2)c1N1CC[C@](C)(N)C1)C1CC1. The molecule has 5 nitrogen and oxygen atoms in total. The van der Waals surface area contributed by atoms with Crippen molar-refractivity contribution in [2.45, 2.75) is 44.7 Å². The Balaban J connectivity index is 1.79. The van der Waals surface area contributed by atoms with Crippen LogP contribution in [0.2, 0.25) is 0 Å². The molecule has 4 rings (SSSR count). The Morgan fingerprint density at radius 3 is 2.59 bits per heavy atom. The van der Waals surface area contributed by atoms with Crippen molar-refractivity contribution < 1.29 is 13.6 Å². The molecule has 2 heterocycles. The van der Waals surface area contributed by atoms with Crippen molar-refractivity contribution >= 4 is 11.6 Å². The zero-order chi connectivity index (χ0) is 20.8. The van der Waals surface area contributed by atoms with Gasteiger partial charge in [0.25, 0.3) is 5.91 Å². The molecule has 0 spiro atoms. The summed E-state index contributed by atoms with van der Waals surface area (Å²) >= 11 is 0. The molecule has 2 fully saturated rings. The summed E-state index contributed by atoms with van der Waals surface area (Å²) in [6.07, 6.45) is 4.50. The zero-order valence-corrected chi connectivity index (χ0v) is 16.7. The summed E-state index contributed by atoms with van der Waals surface area (Å²) in [5.41, 5.74) is 7.61. The summed E-state index contributed by atoms with van der Waals surface area (Å²) < 4.78 is 27.8. The van der Waals surface area contributed by atoms with Gasteiger partial charge in [-0.25, -0.2) is 8.78 Å². The van der Waals surface area contributed by atoms with E-state index in [2.05, 4.69) is 10.3 Å². The first-order valence-corrected chi connectivity index (χ1v) is 10.0. The van der Waals surface area contributed by atoms with E-state index < -0.39 is 17.2 Å². The molecule has 1 amide bonds. The number of nitrogens with zero attached hydrogens (tertiary/aromatic N) is 2. The van der Waals surface area contributed by atoms with E-state index in [1.165, 1.54) is 18.3 Å². The van der Waals surface area contributed by atoms with Crippen molar-refractivity contribution in [3.05, 3.63) is 47.7 Å². The summed E-state index contributed by atoms with van der Waals surface area (Å²) in [6, 6.07) is 5.04. The molecule has 1 aliphatic heterocycles. The Morgan fingerprint density at radius 2 is 2.00 bits per heavy atom. The highest BCUT2D eigenvalue weighted by molar-refractivity contribution is 6.03. The average molecular weight is 400 g/mol. The molecule has 2 aliphatic rings. The highest BCUT2D eigenvalue weighted by atomic mass is 19.1. The van der Waals surface area contributed by atoms with Gasteiger partial charge < -0.3 is 16.0 Å². The van der Waals surface area contributed by atoms with E-state index in [-0.39, 0.29) is 11.9 Å². The Bertz CT molecular complexity index is 922. The third kappa shape index (κ3) is 4.24. The van der Waals surface area contributed by atoms with Gasteiger partial charge >= 0.3 is 0 Å². The zero-order valence-electron chi connectivity index (χ0n) is 16.7. The predicted molar refractivity (Wildman–Crippen MR) is 109 cm³/mol. The van der Waals surface area contributed by atoms with Gasteiger partial charge in [0.1, 0.15) is 11.6 Å². The van der Waals surface area contributed by atoms with Crippen LogP contribution < -0.4 is 16.0 Å².